The number of aliphatic hydroxyl groups is 1. The van der Waals surface area contributed by atoms with Gasteiger partial charge in [-0.15, -0.1) is 0 Å². The van der Waals surface area contributed by atoms with Crippen molar-refractivity contribution < 1.29 is 39.6 Å². The molecule has 9 N–H and O–H groups in total. The molecule has 0 aliphatic rings. The van der Waals surface area contributed by atoms with E-state index in [1.807, 2.05) is 0 Å². The molecular formula is C24H30N4O8S. The van der Waals surface area contributed by atoms with Crippen molar-refractivity contribution in [3.05, 3.63) is 59.7 Å². The number of carboxylic acid groups (broad SMARTS) is 1. The number of phenols is 2. The molecule has 3 amide bonds. The van der Waals surface area contributed by atoms with Crippen molar-refractivity contribution >= 4 is 36.3 Å². The molecular weight excluding hydrogens is 504 g/mol. The van der Waals surface area contributed by atoms with Crippen molar-refractivity contribution in [2.75, 3.05) is 12.4 Å². The van der Waals surface area contributed by atoms with E-state index in [-0.39, 0.29) is 30.1 Å². The Balaban J connectivity index is 2.31. The fourth-order valence-electron chi connectivity index (χ4n) is 3.25. The summed E-state index contributed by atoms with van der Waals surface area (Å²) < 4.78 is 0. The molecule has 0 radical (unpaired) electrons. The molecule has 0 aliphatic heterocycles. The average Bonchev–Trinajstić information content (AvgIpc) is 2.87. The van der Waals surface area contributed by atoms with Crippen molar-refractivity contribution in [1.82, 2.24) is 16.0 Å². The van der Waals surface area contributed by atoms with Crippen LogP contribution in [0.4, 0.5) is 0 Å². The van der Waals surface area contributed by atoms with Crippen molar-refractivity contribution in [2.45, 2.75) is 37.0 Å². The number of carbonyl (C=O) groups excluding carboxylic acids is 3. The number of carboxylic acids is 1. The number of hydrogen-bond donors (Lipinski definition) is 9. The third-order valence-corrected chi connectivity index (χ3v) is 5.71. The van der Waals surface area contributed by atoms with Crippen molar-refractivity contribution in [3.63, 3.8) is 0 Å². The lowest BCUT2D eigenvalue weighted by molar-refractivity contribution is -0.141. The van der Waals surface area contributed by atoms with Gasteiger partial charge in [0, 0.05) is 18.6 Å². The van der Waals surface area contributed by atoms with E-state index in [4.69, 9.17) is 5.73 Å². The minimum absolute atomic E-state index is 0.00102. The lowest BCUT2D eigenvalue weighted by Gasteiger charge is -2.25. The van der Waals surface area contributed by atoms with Gasteiger partial charge in [0.05, 0.1) is 6.61 Å². The zero-order valence-corrected chi connectivity index (χ0v) is 20.6. The average molecular weight is 535 g/mol. The molecule has 37 heavy (non-hydrogen) atoms. The zero-order chi connectivity index (χ0) is 27.5. The van der Waals surface area contributed by atoms with E-state index < -0.39 is 54.5 Å². The molecule has 0 fully saturated rings. The van der Waals surface area contributed by atoms with E-state index in [0.29, 0.717) is 11.1 Å². The van der Waals surface area contributed by atoms with Gasteiger partial charge in [0.1, 0.15) is 35.7 Å². The van der Waals surface area contributed by atoms with Crippen molar-refractivity contribution in [2.24, 2.45) is 5.73 Å². The van der Waals surface area contributed by atoms with Crippen LogP contribution in [0.2, 0.25) is 0 Å². The van der Waals surface area contributed by atoms with Crippen LogP contribution >= 0.6 is 12.6 Å². The SMILES string of the molecule is NC(CO)C(=O)NC(Cc1ccc(O)cc1)C(=O)NC(Cc1ccc(O)cc1)C(=O)NC(CS)C(=O)O. The monoisotopic (exact) mass is 534 g/mol. The van der Waals surface area contributed by atoms with Crippen LogP contribution in [0, 0.1) is 0 Å². The van der Waals surface area contributed by atoms with Gasteiger partial charge in [-0.3, -0.25) is 14.4 Å². The van der Waals surface area contributed by atoms with Crippen LogP contribution in [0.1, 0.15) is 11.1 Å². The molecule has 0 aromatic heterocycles. The number of rotatable bonds is 13. The second-order valence-electron chi connectivity index (χ2n) is 8.23. The van der Waals surface area contributed by atoms with Crippen LogP contribution in [0.5, 0.6) is 11.5 Å². The molecule has 0 bridgehead atoms. The van der Waals surface area contributed by atoms with Crippen LogP contribution < -0.4 is 21.7 Å². The Morgan fingerprint density at radius 2 is 1.11 bits per heavy atom. The Bertz CT molecular complexity index is 1080. The van der Waals surface area contributed by atoms with Crippen molar-refractivity contribution in [1.29, 1.82) is 0 Å². The second kappa shape index (κ2) is 14.1. The van der Waals surface area contributed by atoms with Crippen LogP contribution in [0.3, 0.4) is 0 Å². The number of aliphatic carboxylic acids is 1. The maximum Gasteiger partial charge on any atom is 0.327 e. The van der Waals surface area contributed by atoms with Gasteiger partial charge < -0.3 is 42.1 Å². The van der Waals surface area contributed by atoms with Gasteiger partial charge in [0.2, 0.25) is 17.7 Å². The highest BCUT2D eigenvalue weighted by molar-refractivity contribution is 7.80. The van der Waals surface area contributed by atoms with Crippen LogP contribution in [-0.2, 0) is 32.0 Å². The highest BCUT2D eigenvalue weighted by Crippen LogP contribution is 2.14. The smallest absolute Gasteiger partial charge is 0.327 e. The first-order valence-corrected chi connectivity index (χ1v) is 11.8. The van der Waals surface area contributed by atoms with Crippen LogP contribution in [0.25, 0.3) is 0 Å². The maximum atomic E-state index is 13.3. The van der Waals surface area contributed by atoms with Gasteiger partial charge in [-0.05, 0) is 35.4 Å². The largest absolute Gasteiger partial charge is 0.508 e. The van der Waals surface area contributed by atoms with E-state index in [1.54, 1.807) is 12.1 Å². The molecule has 2 aromatic carbocycles. The third-order valence-electron chi connectivity index (χ3n) is 5.35. The Morgan fingerprint density at radius 3 is 1.46 bits per heavy atom. The van der Waals surface area contributed by atoms with Gasteiger partial charge in [0.15, 0.2) is 0 Å². The second-order valence-corrected chi connectivity index (χ2v) is 8.60. The summed E-state index contributed by atoms with van der Waals surface area (Å²) in [5, 5.41) is 44.8. The number of hydrogen-bond acceptors (Lipinski definition) is 9. The number of aromatic hydroxyl groups is 2. The predicted octanol–water partition coefficient (Wildman–Crippen LogP) is -1.33. The molecule has 200 valence electrons. The zero-order valence-electron chi connectivity index (χ0n) is 19.7. The number of benzene rings is 2. The molecule has 0 saturated carbocycles. The van der Waals surface area contributed by atoms with Gasteiger partial charge in [-0.1, -0.05) is 24.3 Å². The van der Waals surface area contributed by atoms with Crippen LogP contribution in [-0.4, -0.2) is 80.6 Å². The fraction of sp³-hybridized carbons (Fsp3) is 0.333. The quantitative estimate of drug-likeness (QED) is 0.139. The third kappa shape index (κ3) is 9.29. The molecule has 0 spiro atoms. The molecule has 2 rings (SSSR count). The lowest BCUT2D eigenvalue weighted by Crippen LogP contribution is -2.58. The Labute approximate surface area is 218 Å². The van der Waals surface area contributed by atoms with Gasteiger partial charge >= 0.3 is 5.97 Å². The number of nitrogens with one attached hydrogen (secondary N) is 3. The van der Waals surface area contributed by atoms with Crippen LogP contribution in [0.15, 0.2) is 48.5 Å². The fourth-order valence-corrected chi connectivity index (χ4v) is 3.49. The minimum Gasteiger partial charge on any atom is -0.508 e. The molecule has 12 nitrogen and oxygen atoms in total. The number of aliphatic hydroxyl groups excluding tert-OH is 1. The first-order chi connectivity index (χ1) is 17.5. The Kier molecular flexibility index (Phi) is 11.2. The first kappa shape index (κ1) is 29.4. The summed E-state index contributed by atoms with van der Waals surface area (Å²) in [5.74, 6) is -3.89. The predicted molar refractivity (Wildman–Crippen MR) is 136 cm³/mol. The summed E-state index contributed by atoms with van der Waals surface area (Å²) in [5.41, 5.74) is 6.69. The molecule has 2 aromatic rings. The number of nitrogens with two attached hydrogens (primary N) is 1. The number of amides is 3. The topological polar surface area (TPSA) is 211 Å². The number of phenolic OH excluding ortho intramolecular Hbond substituents is 2. The summed E-state index contributed by atoms with van der Waals surface area (Å²) in [4.78, 5) is 50.0. The highest BCUT2D eigenvalue weighted by Gasteiger charge is 2.30. The maximum absolute atomic E-state index is 13.3. The summed E-state index contributed by atoms with van der Waals surface area (Å²) in [6.07, 6.45) is -0.106. The van der Waals surface area contributed by atoms with Gasteiger partial charge in [0.25, 0.3) is 0 Å². The van der Waals surface area contributed by atoms with E-state index in [1.165, 1.54) is 36.4 Å². The molecule has 0 heterocycles. The van der Waals surface area contributed by atoms with E-state index in [0.717, 1.165) is 0 Å². The molecule has 13 heteroatoms. The summed E-state index contributed by atoms with van der Waals surface area (Å²) >= 11 is 3.93. The highest BCUT2D eigenvalue weighted by atomic mass is 32.1. The van der Waals surface area contributed by atoms with E-state index >= 15 is 0 Å². The molecule has 4 atom stereocenters. The molecule has 0 aliphatic carbocycles. The van der Waals surface area contributed by atoms with Gasteiger partial charge in [-0.2, -0.15) is 12.6 Å². The van der Waals surface area contributed by atoms with Crippen molar-refractivity contribution in [3.8, 4) is 11.5 Å². The van der Waals surface area contributed by atoms with E-state index in [2.05, 4.69) is 28.6 Å². The minimum atomic E-state index is -1.31. The first-order valence-electron chi connectivity index (χ1n) is 11.2. The normalized spacial score (nSPS) is 14.0. The summed E-state index contributed by atoms with van der Waals surface area (Å²) in [6, 6.07) is 6.63. The number of carbonyl (C=O) groups is 4. The van der Waals surface area contributed by atoms with Gasteiger partial charge in [-0.25, -0.2) is 4.79 Å². The lowest BCUT2D eigenvalue weighted by atomic mass is 10.0. The molecule has 4 unspecified atom stereocenters. The summed E-state index contributed by atoms with van der Waals surface area (Å²) in [7, 11) is 0. The summed E-state index contributed by atoms with van der Waals surface area (Å²) in [6.45, 7) is -0.661. The van der Waals surface area contributed by atoms with E-state index in [9.17, 15) is 39.6 Å². The Morgan fingerprint density at radius 1 is 0.730 bits per heavy atom. The standard InChI is InChI=1S/C24H30N4O8S/c25-17(11-29)21(32)26-18(9-13-1-5-15(30)6-2-13)22(33)27-19(10-14-3-7-16(31)8-4-14)23(34)28-20(12-37)24(35)36/h1-8,17-20,29-31,37H,9-12,25H2,(H,26,32)(H,27,33)(H,28,34)(H,35,36). The Hall–Kier alpha value is -3.81. The molecule has 0 saturated heterocycles. The number of thiol groups is 1.